The number of nitrogens with zero attached hydrogens (tertiary/aromatic N) is 4. The van der Waals surface area contributed by atoms with Crippen LogP contribution in [0.3, 0.4) is 0 Å². The third-order valence-corrected chi connectivity index (χ3v) is 5.63. The van der Waals surface area contributed by atoms with E-state index in [0.717, 1.165) is 37.6 Å². The maximum absolute atomic E-state index is 12.7. The zero-order chi connectivity index (χ0) is 15.8. The van der Waals surface area contributed by atoms with Crippen molar-refractivity contribution >= 4 is 17.2 Å². The first-order valence-corrected chi connectivity index (χ1v) is 9.00. The molecule has 2 aliphatic heterocycles. The molecule has 0 radical (unpaired) electrons. The molecule has 1 amide bonds. The van der Waals surface area contributed by atoms with Crippen LogP contribution >= 0.6 is 11.3 Å². The van der Waals surface area contributed by atoms with Crippen LogP contribution in [0, 0.1) is 0 Å². The fourth-order valence-electron chi connectivity index (χ4n) is 3.37. The van der Waals surface area contributed by atoms with E-state index >= 15 is 0 Å². The van der Waals surface area contributed by atoms with E-state index in [1.54, 1.807) is 11.3 Å². The topological polar surface area (TPSA) is 60.2 Å². The lowest BCUT2D eigenvalue weighted by atomic mass is 10.0. The van der Waals surface area contributed by atoms with Crippen LogP contribution in [0.25, 0.3) is 0 Å². The molecule has 0 spiro atoms. The average molecular weight is 332 g/mol. The van der Waals surface area contributed by atoms with E-state index in [-0.39, 0.29) is 12.0 Å². The number of amides is 1. The summed E-state index contributed by atoms with van der Waals surface area (Å²) in [4.78, 5) is 15.9. The molecule has 0 saturated heterocycles. The van der Waals surface area contributed by atoms with Gasteiger partial charge in [0.05, 0.1) is 25.7 Å². The smallest absolute Gasteiger partial charge is 0.226 e. The highest BCUT2D eigenvalue weighted by molar-refractivity contribution is 7.10. The van der Waals surface area contributed by atoms with Gasteiger partial charge in [0.1, 0.15) is 5.82 Å². The van der Waals surface area contributed by atoms with Crippen molar-refractivity contribution < 1.29 is 9.53 Å². The van der Waals surface area contributed by atoms with Crippen molar-refractivity contribution in [2.24, 2.45) is 0 Å². The van der Waals surface area contributed by atoms with E-state index in [4.69, 9.17) is 4.74 Å². The standard InChI is InChI=1S/C16H20N4O2S/c1-2-14-17-18-15-10-19(5-6-20(14)15)16(21)9-12-11-4-8-23-13(11)3-7-22-12/h4,8,12H,2-3,5-7,9-10H2,1H3/t12-/m1/s1. The van der Waals surface area contributed by atoms with Crippen LogP contribution < -0.4 is 0 Å². The number of hydrogen-bond donors (Lipinski definition) is 0. The highest BCUT2D eigenvalue weighted by atomic mass is 32.1. The van der Waals surface area contributed by atoms with Crippen LogP contribution in [0.5, 0.6) is 0 Å². The minimum Gasteiger partial charge on any atom is -0.373 e. The van der Waals surface area contributed by atoms with Crippen molar-refractivity contribution in [2.45, 2.75) is 45.4 Å². The summed E-state index contributed by atoms with van der Waals surface area (Å²) < 4.78 is 7.98. The Morgan fingerprint density at radius 3 is 3.22 bits per heavy atom. The van der Waals surface area contributed by atoms with E-state index in [2.05, 4.69) is 33.1 Å². The van der Waals surface area contributed by atoms with E-state index < -0.39 is 0 Å². The average Bonchev–Trinajstić information content (AvgIpc) is 3.21. The molecule has 4 rings (SSSR count). The van der Waals surface area contributed by atoms with Gasteiger partial charge in [0, 0.05) is 30.8 Å². The molecule has 2 aliphatic rings. The summed E-state index contributed by atoms with van der Waals surface area (Å²) in [5, 5.41) is 10.5. The Hall–Kier alpha value is -1.73. The predicted molar refractivity (Wildman–Crippen MR) is 86.2 cm³/mol. The van der Waals surface area contributed by atoms with Gasteiger partial charge in [-0.3, -0.25) is 4.79 Å². The SMILES string of the molecule is CCc1nnc2n1CCN(C(=O)C[C@H]1OCCc3sccc31)C2. The van der Waals surface area contributed by atoms with Gasteiger partial charge in [0.15, 0.2) is 5.82 Å². The predicted octanol–water partition coefficient (Wildman–Crippen LogP) is 1.95. The molecule has 0 unspecified atom stereocenters. The molecule has 0 fully saturated rings. The molecule has 23 heavy (non-hydrogen) atoms. The minimum atomic E-state index is -0.0940. The van der Waals surface area contributed by atoms with E-state index in [0.29, 0.717) is 19.6 Å². The summed E-state index contributed by atoms with van der Waals surface area (Å²) >= 11 is 1.76. The van der Waals surface area contributed by atoms with Gasteiger partial charge in [-0.05, 0) is 17.0 Å². The number of aryl methyl sites for hydroxylation is 1. The lowest BCUT2D eigenvalue weighted by Crippen LogP contribution is -2.39. The third-order valence-electron chi connectivity index (χ3n) is 4.63. The first-order chi connectivity index (χ1) is 11.3. The molecule has 6 nitrogen and oxygen atoms in total. The van der Waals surface area contributed by atoms with Gasteiger partial charge in [-0.2, -0.15) is 0 Å². The van der Waals surface area contributed by atoms with Gasteiger partial charge >= 0.3 is 0 Å². The number of rotatable bonds is 3. The van der Waals surface area contributed by atoms with Crippen molar-refractivity contribution in [1.82, 2.24) is 19.7 Å². The van der Waals surface area contributed by atoms with Crippen LogP contribution in [0.2, 0.25) is 0 Å². The van der Waals surface area contributed by atoms with Gasteiger partial charge in [-0.1, -0.05) is 6.92 Å². The monoisotopic (exact) mass is 332 g/mol. The quantitative estimate of drug-likeness (QED) is 0.862. The number of ether oxygens (including phenoxy) is 1. The summed E-state index contributed by atoms with van der Waals surface area (Å²) in [6, 6.07) is 2.09. The second-order valence-electron chi connectivity index (χ2n) is 5.97. The second-order valence-corrected chi connectivity index (χ2v) is 6.97. The van der Waals surface area contributed by atoms with Gasteiger partial charge in [-0.25, -0.2) is 0 Å². The summed E-state index contributed by atoms with van der Waals surface area (Å²) in [6.45, 7) is 4.84. The zero-order valence-electron chi connectivity index (χ0n) is 13.2. The lowest BCUT2D eigenvalue weighted by Gasteiger charge is -2.30. The van der Waals surface area contributed by atoms with Gasteiger partial charge < -0.3 is 14.2 Å². The van der Waals surface area contributed by atoms with Gasteiger partial charge in [0.2, 0.25) is 5.91 Å². The van der Waals surface area contributed by atoms with Crippen LogP contribution in [-0.4, -0.2) is 38.7 Å². The molecule has 4 heterocycles. The van der Waals surface area contributed by atoms with Crippen molar-refractivity contribution in [1.29, 1.82) is 0 Å². The third kappa shape index (κ3) is 2.68. The molecule has 0 aliphatic carbocycles. The van der Waals surface area contributed by atoms with E-state index in [9.17, 15) is 4.79 Å². The molecule has 0 bridgehead atoms. The van der Waals surface area contributed by atoms with Crippen molar-refractivity contribution in [3.8, 4) is 0 Å². The maximum atomic E-state index is 12.7. The lowest BCUT2D eigenvalue weighted by molar-refractivity contribution is -0.136. The molecule has 2 aromatic heterocycles. The largest absolute Gasteiger partial charge is 0.373 e. The molecular formula is C16H20N4O2S. The molecule has 0 saturated carbocycles. The Bertz CT molecular complexity index is 723. The summed E-state index contributed by atoms with van der Waals surface area (Å²) in [5.74, 6) is 2.04. The number of thiophene rings is 1. The zero-order valence-corrected chi connectivity index (χ0v) is 14.0. The van der Waals surface area contributed by atoms with E-state index in [1.165, 1.54) is 10.4 Å². The van der Waals surface area contributed by atoms with Crippen molar-refractivity contribution in [3.63, 3.8) is 0 Å². The van der Waals surface area contributed by atoms with Gasteiger partial charge in [0.25, 0.3) is 0 Å². The molecule has 0 aromatic carbocycles. The Morgan fingerprint density at radius 1 is 1.43 bits per heavy atom. The number of carbonyl (C=O) groups excluding carboxylic acids is 1. The second kappa shape index (κ2) is 6.05. The molecule has 2 aromatic rings. The number of fused-ring (bicyclic) bond motifs is 2. The van der Waals surface area contributed by atoms with Crippen LogP contribution in [0.15, 0.2) is 11.4 Å². The highest BCUT2D eigenvalue weighted by Gasteiger charge is 2.29. The number of aromatic nitrogens is 3. The fraction of sp³-hybridized carbons (Fsp3) is 0.562. The Kier molecular flexibility index (Phi) is 3.90. The van der Waals surface area contributed by atoms with Crippen molar-refractivity contribution in [2.75, 3.05) is 13.2 Å². The Morgan fingerprint density at radius 2 is 2.35 bits per heavy atom. The molecule has 122 valence electrons. The minimum absolute atomic E-state index is 0.0940. The maximum Gasteiger partial charge on any atom is 0.226 e. The van der Waals surface area contributed by atoms with Crippen LogP contribution in [-0.2, 0) is 35.5 Å². The Labute approximate surface area is 139 Å². The first-order valence-electron chi connectivity index (χ1n) is 8.13. The number of hydrogen-bond acceptors (Lipinski definition) is 5. The fourth-order valence-corrected chi connectivity index (χ4v) is 4.29. The highest BCUT2D eigenvalue weighted by Crippen LogP contribution is 2.33. The number of carbonyl (C=O) groups is 1. The molecular weight excluding hydrogens is 312 g/mol. The summed E-state index contributed by atoms with van der Waals surface area (Å²) in [7, 11) is 0. The molecule has 7 heteroatoms. The summed E-state index contributed by atoms with van der Waals surface area (Å²) in [6.07, 6.45) is 2.16. The summed E-state index contributed by atoms with van der Waals surface area (Å²) in [5.41, 5.74) is 1.20. The normalized spacial score (nSPS) is 20.2. The van der Waals surface area contributed by atoms with E-state index in [1.807, 2.05) is 4.90 Å². The van der Waals surface area contributed by atoms with Crippen molar-refractivity contribution in [3.05, 3.63) is 33.5 Å². The first kappa shape index (κ1) is 14.8. The molecule has 1 atom stereocenters. The van der Waals surface area contributed by atoms with Crippen LogP contribution in [0.1, 0.15) is 41.5 Å². The van der Waals surface area contributed by atoms with Crippen LogP contribution in [0.4, 0.5) is 0 Å². The Balaban J connectivity index is 1.45. The van der Waals surface area contributed by atoms with Gasteiger partial charge in [-0.15, -0.1) is 21.5 Å². The molecule has 0 N–H and O–H groups in total.